The first-order valence-corrected chi connectivity index (χ1v) is 8.99. The summed E-state index contributed by atoms with van der Waals surface area (Å²) < 4.78 is 0. The Kier molecular flexibility index (Phi) is 4.24. The van der Waals surface area contributed by atoms with Gasteiger partial charge in [0.1, 0.15) is 12.1 Å². The van der Waals surface area contributed by atoms with Gasteiger partial charge in [-0.15, -0.1) is 0 Å². The molecule has 5 heteroatoms. The summed E-state index contributed by atoms with van der Waals surface area (Å²) in [6, 6.07) is -0.363. The first-order valence-electron chi connectivity index (χ1n) is 7.95. The van der Waals surface area contributed by atoms with E-state index in [1.807, 2.05) is 28.5 Å². The van der Waals surface area contributed by atoms with Gasteiger partial charge in [0.25, 0.3) is 0 Å². The molecule has 0 N–H and O–H groups in total. The van der Waals surface area contributed by atoms with Crippen molar-refractivity contribution < 1.29 is 9.59 Å². The molecule has 3 fully saturated rings. The highest BCUT2D eigenvalue weighted by molar-refractivity contribution is 7.99. The van der Waals surface area contributed by atoms with Gasteiger partial charge in [-0.05, 0) is 37.9 Å². The van der Waals surface area contributed by atoms with E-state index < -0.39 is 0 Å². The highest BCUT2D eigenvalue weighted by atomic mass is 32.2. The van der Waals surface area contributed by atoms with Crippen molar-refractivity contribution in [2.24, 2.45) is 0 Å². The SMILES string of the molecule is CCC1C(=O)N2CCCC2C(=O)N1CC1CCCCS1. The molecule has 0 radical (unpaired) electrons. The minimum Gasteiger partial charge on any atom is -0.329 e. The lowest BCUT2D eigenvalue weighted by atomic mass is 10.0. The van der Waals surface area contributed by atoms with Gasteiger partial charge in [-0.25, -0.2) is 0 Å². The second kappa shape index (κ2) is 5.96. The lowest BCUT2D eigenvalue weighted by molar-refractivity contribution is -0.159. The van der Waals surface area contributed by atoms with Crippen molar-refractivity contribution in [1.29, 1.82) is 0 Å². The predicted octanol–water partition coefficient (Wildman–Crippen LogP) is 1.88. The minimum atomic E-state index is -0.209. The molecule has 3 heterocycles. The van der Waals surface area contributed by atoms with Crippen molar-refractivity contribution in [2.45, 2.75) is 62.8 Å². The molecule has 0 saturated carbocycles. The van der Waals surface area contributed by atoms with Crippen LogP contribution in [0.3, 0.4) is 0 Å². The summed E-state index contributed by atoms with van der Waals surface area (Å²) in [6.07, 6.45) is 6.32. The van der Waals surface area contributed by atoms with E-state index in [4.69, 9.17) is 0 Å². The lowest BCUT2D eigenvalue weighted by Crippen LogP contribution is -2.63. The molecule has 0 spiro atoms. The quantitative estimate of drug-likeness (QED) is 0.798. The summed E-state index contributed by atoms with van der Waals surface area (Å²) in [7, 11) is 0. The number of carbonyl (C=O) groups excluding carboxylic acids is 2. The molecule has 0 aromatic rings. The van der Waals surface area contributed by atoms with Crippen LogP contribution in [0.25, 0.3) is 0 Å². The summed E-state index contributed by atoms with van der Waals surface area (Å²) in [5, 5.41) is 0.530. The topological polar surface area (TPSA) is 40.6 Å². The molecule has 112 valence electrons. The van der Waals surface area contributed by atoms with Gasteiger partial charge in [0.05, 0.1) is 0 Å². The van der Waals surface area contributed by atoms with Crippen molar-refractivity contribution in [3.63, 3.8) is 0 Å². The van der Waals surface area contributed by atoms with Crippen molar-refractivity contribution in [1.82, 2.24) is 9.80 Å². The molecule has 3 aliphatic heterocycles. The Bertz CT molecular complexity index is 395. The minimum absolute atomic E-state index is 0.154. The number of rotatable bonds is 3. The highest BCUT2D eigenvalue weighted by Crippen LogP contribution is 2.31. The standard InChI is InChI=1S/C15H24N2O2S/c1-2-12-14(18)16-8-5-7-13(16)15(19)17(12)10-11-6-3-4-9-20-11/h11-13H,2-10H2,1H3. The Morgan fingerprint density at radius 2 is 2.00 bits per heavy atom. The van der Waals surface area contributed by atoms with Gasteiger partial charge < -0.3 is 9.80 Å². The summed E-state index contributed by atoms with van der Waals surface area (Å²) in [5.41, 5.74) is 0. The van der Waals surface area contributed by atoms with E-state index in [9.17, 15) is 9.59 Å². The summed E-state index contributed by atoms with van der Waals surface area (Å²) in [5.74, 6) is 1.60. The second-order valence-corrected chi connectivity index (χ2v) is 7.50. The summed E-state index contributed by atoms with van der Waals surface area (Å²) >= 11 is 1.98. The maximum atomic E-state index is 12.7. The number of piperazine rings is 1. The Morgan fingerprint density at radius 3 is 2.70 bits per heavy atom. The largest absolute Gasteiger partial charge is 0.329 e. The molecule has 0 bridgehead atoms. The van der Waals surface area contributed by atoms with Crippen LogP contribution >= 0.6 is 11.8 Å². The van der Waals surface area contributed by atoms with Crippen LogP contribution in [0.2, 0.25) is 0 Å². The zero-order valence-corrected chi connectivity index (χ0v) is 13.0. The van der Waals surface area contributed by atoms with Crippen LogP contribution < -0.4 is 0 Å². The van der Waals surface area contributed by atoms with Gasteiger partial charge in [-0.3, -0.25) is 9.59 Å². The molecule has 3 rings (SSSR count). The van der Waals surface area contributed by atoms with Crippen LogP contribution in [-0.4, -0.2) is 57.8 Å². The van der Waals surface area contributed by atoms with Crippen LogP contribution in [0.15, 0.2) is 0 Å². The summed E-state index contributed by atoms with van der Waals surface area (Å²) in [6.45, 7) is 3.57. The Labute approximate surface area is 125 Å². The first kappa shape index (κ1) is 14.2. The second-order valence-electron chi connectivity index (χ2n) is 6.09. The summed E-state index contributed by atoms with van der Waals surface area (Å²) in [4.78, 5) is 29.0. The third-order valence-corrected chi connectivity index (χ3v) is 6.21. The van der Waals surface area contributed by atoms with E-state index >= 15 is 0 Å². The van der Waals surface area contributed by atoms with E-state index in [1.165, 1.54) is 25.0 Å². The molecule has 3 aliphatic rings. The van der Waals surface area contributed by atoms with Crippen LogP contribution in [0.4, 0.5) is 0 Å². The number of thioether (sulfide) groups is 1. The number of nitrogens with zero attached hydrogens (tertiary/aromatic N) is 2. The Morgan fingerprint density at radius 1 is 1.15 bits per heavy atom. The maximum absolute atomic E-state index is 12.7. The average molecular weight is 296 g/mol. The number of amides is 2. The predicted molar refractivity (Wildman–Crippen MR) is 80.6 cm³/mol. The molecule has 0 aliphatic carbocycles. The number of fused-ring (bicyclic) bond motifs is 1. The molecule has 0 aromatic carbocycles. The van der Waals surface area contributed by atoms with E-state index in [0.29, 0.717) is 5.25 Å². The zero-order valence-electron chi connectivity index (χ0n) is 12.2. The van der Waals surface area contributed by atoms with Crippen molar-refractivity contribution in [3.8, 4) is 0 Å². The first-order chi connectivity index (χ1) is 9.72. The van der Waals surface area contributed by atoms with Gasteiger partial charge in [-0.1, -0.05) is 13.3 Å². The molecule has 20 heavy (non-hydrogen) atoms. The number of hydrogen-bond donors (Lipinski definition) is 0. The average Bonchev–Trinajstić information content (AvgIpc) is 2.96. The fourth-order valence-corrected chi connectivity index (χ4v) is 5.04. The normalized spacial score (nSPS) is 34.5. The van der Waals surface area contributed by atoms with Crippen LogP contribution in [-0.2, 0) is 9.59 Å². The van der Waals surface area contributed by atoms with E-state index in [0.717, 1.165) is 32.4 Å². The molecule has 3 saturated heterocycles. The Hall–Kier alpha value is -0.710. The molecule has 2 amide bonds. The molecule has 0 aromatic heterocycles. The van der Waals surface area contributed by atoms with Crippen molar-refractivity contribution >= 4 is 23.6 Å². The van der Waals surface area contributed by atoms with Crippen LogP contribution in [0.5, 0.6) is 0 Å². The molecular formula is C15H24N2O2S. The van der Waals surface area contributed by atoms with E-state index in [1.54, 1.807) is 0 Å². The smallest absolute Gasteiger partial charge is 0.246 e. The van der Waals surface area contributed by atoms with Crippen molar-refractivity contribution in [3.05, 3.63) is 0 Å². The molecule has 4 nitrogen and oxygen atoms in total. The van der Waals surface area contributed by atoms with Gasteiger partial charge >= 0.3 is 0 Å². The van der Waals surface area contributed by atoms with Crippen LogP contribution in [0.1, 0.15) is 45.4 Å². The maximum Gasteiger partial charge on any atom is 0.246 e. The fraction of sp³-hybridized carbons (Fsp3) is 0.867. The van der Waals surface area contributed by atoms with Gasteiger partial charge in [0.2, 0.25) is 11.8 Å². The number of hydrogen-bond acceptors (Lipinski definition) is 3. The molecule has 3 atom stereocenters. The zero-order chi connectivity index (χ0) is 14.1. The van der Waals surface area contributed by atoms with Gasteiger partial charge in [0.15, 0.2) is 0 Å². The third kappa shape index (κ3) is 2.45. The van der Waals surface area contributed by atoms with Gasteiger partial charge in [0, 0.05) is 18.3 Å². The van der Waals surface area contributed by atoms with E-state index in [-0.39, 0.29) is 23.9 Å². The lowest BCUT2D eigenvalue weighted by Gasteiger charge is -2.43. The molecule has 3 unspecified atom stereocenters. The fourth-order valence-electron chi connectivity index (χ4n) is 3.74. The van der Waals surface area contributed by atoms with Crippen molar-refractivity contribution in [2.75, 3.05) is 18.8 Å². The highest BCUT2D eigenvalue weighted by Gasteiger charge is 2.47. The third-order valence-electron chi connectivity index (χ3n) is 4.83. The van der Waals surface area contributed by atoms with Gasteiger partial charge in [-0.2, -0.15) is 11.8 Å². The monoisotopic (exact) mass is 296 g/mol. The number of carbonyl (C=O) groups is 2. The molecular weight excluding hydrogens is 272 g/mol. The van der Waals surface area contributed by atoms with E-state index in [2.05, 4.69) is 0 Å². The van der Waals surface area contributed by atoms with Crippen LogP contribution in [0, 0.1) is 0 Å². The Balaban J connectivity index is 1.75.